The minimum absolute atomic E-state index is 0.0768. The normalized spacial score (nSPS) is 18.5. The van der Waals surface area contributed by atoms with E-state index < -0.39 is 6.09 Å². The molecule has 0 saturated carbocycles. The van der Waals surface area contributed by atoms with Crippen LogP contribution in [0.5, 0.6) is 0 Å². The van der Waals surface area contributed by atoms with Crippen molar-refractivity contribution in [3.8, 4) is 0 Å². The van der Waals surface area contributed by atoms with Gasteiger partial charge in [0.05, 0.1) is 19.3 Å². The van der Waals surface area contributed by atoms with Crippen LogP contribution in [-0.4, -0.2) is 44.4 Å². The number of nitrogens with zero attached hydrogens (tertiary/aromatic N) is 1. The largest absolute Gasteiger partial charge is 0.450 e. The summed E-state index contributed by atoms with van der Waals surface area (Å²) in [4.78, 5) is 24.6. The summed E-state index contributed by atoms with van der Waals surface area (Å²) in [5.74, 6) is -0.561. The monoisotopic (exact) mass is 296 g/mol. The van der Waals surface area contributed by atoms with Crippen LogP contribution in [0.1, 0.15) is 6.92 Å². The van der Waals surface area contributed by atoms with E-state index in [-0.39, 0.29) is 44.1 Å². The summed E-state index contributed by atoms with van der Waals surface area (Å²) in [6.45, 7) is 2.45. The number of ether oxygens (including phenoxy) is 2. The molecule has 1 N–H and O–H groups in total. The predicted molar refractivity (Wildman–Crippen MR) is 73.5 cm³/mol. The van der Waals surface area contributed by atoms with Gasteiger partial charge in [0.25, 0.3) is 5.91 Å². The molecule has 114 valence electrons. The second kappa shape index (κ2) is 7.03. The Hall–Kier alpha value is -2.15. The molecule has 7 heteroatoms. The van der Waals surface area contributed by atoms with Crippen molar-refractivity contribution in [2.24, 2.45) is 0 Å². The summed E-state index contributed by atoms with van der Waals surface area (Å²) in [7, 11) is 0. The number of nitrogens with one attached hydrogen (secondary N) is 1. The fourth-order valence-corrected chi connectivity index (χ4v) is 2.00. The van der Waals surface area contributed by atoms with Crippen LogP contribution in [0.4, 0.5) is 14.9 Å². The molecule has 2 rings (SSSR count). The Labute approximate surface area is 121 Å². The van der Waals surface area contributed by atoms with Crippen LogP contribution in [0.2, 0.25) is 0 Å². The van der Waals surface area contributed by atoms with Gasteiger partial charge in [-0.2, -0.15) is 0 Å². The fourth-order valence-electron chi connectivity index (χ4n) is 2.00. The molecular weight excluding hydrogens is 279 g/mol. The molecule has 2 amide bonds. The van der Waals surface area contributed by atoms with Crippen molar-refractivity contribution in [1.29, 1.82) is 0 Å². The second-order valence-corrected chi connectivity index (χ2v) is 4.52. The Morgan fingerprint density at radius 1 is 1.48 bits per heavy atom. The molecule has 1 aliphatic rings. The minimum atomic E-state index is -0.522. The summed E-state index contributed by atoms with van der Waals surface area (Å²) in [6, 6.07) is 5.66. The Balaban J connectivity index is 1.94. The first-order chi connectivity index (χ1) is 10.1. The van der Waals surface area contributed by atoms with Gasteiger partial charge in [0.1, 0.15) is 12.4 Å². The molecule has 1 heterocycles. The highest BCUT2D eigenvalue weighted by molar-refractivity contribution is 5.94. The number of halogens is 1. The molecule has 0 aromatic heterocycles. The molecule has 21 heavy (non-hydrogen) atoms. The smallest absolute Gasteiger partial charge is 0.407 e. The first-order valence-corrected chi connectivity index (χ1v) is 6.68. The van der Waals surface area contributed by atoms with Crippen molar-refractivity contribution in [3.63, 3.8) is 0 Å². The first-order valence-electron chi connectivity index (χ1n) is 6.68. The van der Waals surface area contributed by atoms with Crippen LogP contribution in [0.15, 0.2) is 24.3 Å². The molecule has 6 nitrogen and oxygen atoms in total. The highest BCUT2D eigenvalue weighted by atomic mass is 19.1. The third-order valence-electron chi connectivity index (χ3n) is 3.02. The Kier molecular flexibility index (Phi) is 5.10. The maximum atomic E-state index is 12.9. The van der Waals surface area contributed by atoms with Crippen molar-refractivity contribution in [2.45, 2.75) is 13.0 Å². The third-order valence-corrected chi connectivity index (χ3v) is 3.02. The van der Waals surface area contributed by atoms with Crippen LogP contribution in [-0.2, 0) is 14.3 Å². The molecule has 1 saturated heterocycles. The zero-order chi connectivity index (χ0) is 15.2. The number of morpholine rings is 1. The molecule has 1 aliphatic heterocycles. The second-order valence-electron chi connectivity index (χ2n) is 4.52. The van der Waals surface area contributed by atoms with Crippen molar-refractivity contribution < 1.29 is 23.5 Å². The molecule has 0 spiro atoms. The fraction of sp³-hybridized carbons (Fsp3) is 0.429. The minimum Gasteiger partial charge on any atom is -0.450 e. The van der Waals surface area contributed by atoms with Crippen molar-refractivity contribution in [1.82, 2.24) is 5.32 Å². The number of anilines is 1. The number of carbonyl (C=O) groups is 2. The number of hydrogen-bond donors (Lipinski definition) is 1. The van der Waals surface area contributed by atoms with Crippen LogP contribution < -0.4 is 10.2 Å². The van der Waals surface area contributed by atoms with E-state index in [0.29, 0.717) is 5.69 Å². The third kappa shape index (κ3) is 4.16. The van der Waals surface area contributed by atoms with Gasteiger partial charge in [-0.25, -0.2) is 9.18 Å². The summed E-state index contributed by atoms with van der Waals surface area (Å²) in [5, 5.41) is 2.57. The molecular formula is C14H17FN2O4. The lowest BCUT2D eigenvalue weighted by Gasteiger charge is -2.32. The molecule has 0 radical (unpaired) electrons. The molecule has 1 aromatic carbocycles. The van der Waals surface area contributed by atoms with Gasteiger partial charge in [-0.3, -0.25) is 4.79 Å². The first kappa shape index (κ1) is 15.2. The molecule has 1 atom stereocenters. The van der Waals surface area contributed by atoms with E-state index in [0.717, 1.165) is 0 Å². The number of benzene rings is 1. The highest BCUT2D eigenvalue weighted by Gasteiger charge is 2.27. The van der Waals surface area contributed by atoms with Gasteiger partial charge in [-0.05, 0) is 31.2 Å². The van der Waals surface area contributed by atoms with Gasteiger partial charge in [-0.1, -0.05) is 0 Å². The predicted octanol–water partition coefficient (Wildman–Crippen LogP) is 1.30. The SMILES string of the molecule is CCOC(=O)NCC1CN(c2ccc(F)cc2)C(=O)CO1. The van der Waals surface area contributed by atoms with E-state index in [4.69, 9.17) is 9.47 Å². The summed E-state index contributed by atoms with van der Waals surface area (Å²) in [5.41, 5.74) is 0.603. The number of hydrogen-bond acceptors (Lipinski definition) is 4. The van der Waals surface area contributed by atoms with Crippen molar-refractivity contribution in [2.75, 3.05) is 31.2 Å². The zero-order valence-electron chi connectivity index (χ0n) is 11.7. The number of amides is 2. The zero-order valence-corrected chi connectivity index (χ0v) is 11.7. The van der Waals surface area contributed by atoms with Gasteiger partial charge < -0.3 is 19.7 Å². The van der Waals surface area contributed by atoms with Gasteiger partial charge in [0.15, 0.2) is 0 Å². The molecule has 1 unspecified atom stereocenters. The quantitative estimate of drug-likeness (QED) is 0.909. The van der Waals surface area contributed by atoms with Gasteiger partial charge in [0.2, 0.25) is 0 Å². The molecule has 0 bridgehead atoms. The number of rotatable bonds is 4. The van der Waals surface area contributed by atoms with Crippen LogP contribution in [0, 0.1) is 5.82 Å². The molecule has 1 aromatic rings. The van der Waals surface area contributed by atoms with E-state index in [2.05, 4.69) is 5.32 Å². The summed E-state index contributed by atoms with van der Waals surface area (Å²) < 4.78 is 23.0. The summed E-state index contributed by atoms with van der Waals surface area (Å²) >= 11 is 0. The maximum Gasteiger partial charge on any atom is 0.407 e. The lowest BCUT2D eigenvalue weighted by molar-refractivity contribution is -0.129. The van der Waals surface area contributed by atoms with E-state index in [9.17, 15) is 14.0 Å². The Morgan fingerprint density at radius 2 is 2.19 bits per heavy atom. The van der Waals surface area contributed by atoms with Gasteiger partial charge >= 0.3 is 6.09 Å². The Morgan fingerprint density at radius 3 is 2.86 bits per heavy atom. The van der Waals surface area contributed by atoms with E-state index in [1.165, 1.54) is 29.2 Å². The molecule has 1 fully saturated rings. The van der Waals surface area contributed by atoms with Crippen molar-refractivity contribution >= 4 is 17.7 Å². The highest BCUT2D eigenvalue weighted by Crippen LogP contribution is 2.18. The van der Waals surface area contributed by atoms with Crippen molar-refractivity contribution in [3.05, 3.63) is 30.1 Å². The van der Waals surface area contributed by atoms with Gasteiger partial charge in [0, 0.05) is 12.2 Å². The van der Waals surface area contributed by atoms with Crippen LogP contribution in [0.25, 0.3) is 0 Å². The van der Waals surface area contributed by atoms with E-state index >= 15 is 0 Å². The summed E-state index contributed by atoms with van der Waals surface area (Å²) in [6.07, 6.45) is -0.858. The van der Waals surface area contributed by atoms with Gasteiger partial charge in [-0.15, -0.1) is 0 Å². The lowest BCUT2D eigenvalue weighted by Crippen LogP contribution is -2.50. The lowest BCUT2D eigenvalue weighted by atomic mass is 10.2. The standard InChI is InChI=1S/C14H17FN2O4/c1-2-20-14(19)16-7-12-8-17(13(18)9-21-12)11-5-3-10(15)4-6-11/h3-6,12H,2,7-9H2,1H3,(H,16,19). The Bertz CT molecular complexity index is 506. The van der Waals surface area contributed by atoms with Crippen LogP contribution in [0.3, 0.4) is 0 Å². The number of alkyl carbamates (subject to hydrolysis) is 1. The van der Waals surface area contributed by atoms with Crippen LogP contribution >= 0.6 is 0 Å². The van der Waals surface area contributed by atoms with E-state index in [1.807, 2.05) is 0 Å². The van der Waals surface area contributed by atoms with E-state index in [1.54, 1.807) is 6.92 Å². The topological polar surface area (TPSA) is 67.9 Å². The average molecular weight is 296 g/mol. The maximum absolute atomic E-state index is 12.9. The number of carbonyl (C=O) groups excluding carboxylic acids is 2. The average Bonchev–Trinajstić information content (AvgIpc) is 2.48. The molecule has 0 aliphatic carbocycles.